The summed E-state index contributed by atoms with van der Waals surface area (Å²) in [5, 5.41) is 8.48. The molecule has 0 fully saturated rings. The standard InChI is InChI=1S/C14H16N2O2/c15-8-4-1-5-9-16-10-11-18-13-7-3-2-6-12(13)14(16)17/h2-3,6-7H,1,4-5,9-11H2. The Labute approximate surface area is 107 Å². The highest BCUT2D eigenvalue weighted by atomic mass is 16.5. The molecule has 0 aliphatic carbocycles. The number of hydrogen-bond donors (Lipinski definition) is 0. The Morgan fingerprint density at radius 3 is 3.00 bits per heavy atom. The van der Waals surface area contributed by atoms with Crippen LogP contribution in [-0.4, -0.2) is 30.5 Å². The molecule has 0 radical (unpaired) electrons. The second-order valence-electron chi connectivity index (χ2n) is 4.25. The summed E-state index contributed by atoms with van der Waals surface area (Å²) in [6, 6.07) is 9.46. The molecule has 1 amide bonds. The number of benzene rings is 1. The van der Waals surface area contributed by atoms with Crippen molar-refractivity contribution in [3.63, 3.8) is 0 Å². The van der Waals surface area contributed by atoms with Gasteiger partial charge in [-0.15, -0.1) is 0 Å². The van der Waals surface area contributed by atoms with Crippen molar-refractivity contribution in [2.24, 2.45) is 0 Å². The van der Waals surface area contributed by atoms with Crippen LogP contribution in [-0.2, 0) is 0 Å². The maximum absolute atomic E-state index is 12.3. The number of para-hydroxylation sites is 1. The van der Waals surface area contributed by atoms with Crippen LogP contribution < -0.4 is 4.74 Å². The van der Waals surface area contributed by atoms with Gasteiger partial charge in [0.2, 0.25) is 0 Å². The molecule has 94 valence electrons. The van der Waals surface area contributed by atoms with Gasteiger partial charge >= 0.3 is 0 Å². The first-order valence-electron chi connectivity index (χ1n) is 6.21. The quantitative estimate of drug-likeness (QED) is 0.763. The van der Waals surface area contributed by atoms with Crippen LogP contribution in [0.2, 0.25) is 0 Å². The van der Waals surface area contributed by atoms with Crippen LogP contribution in [0.1, 0.15) is 29.6 Å². The summed E-state index contributed by atoms with van der Waals surface area (Å²) >= 11 is 0. The van der Waals surface area contributed by atoms with Crippen molar-refractivity contribution in [2.75, 3.05) is 19.7 Å². The van der Waals surface area contributed by atoms with E-state index >= 15 is 0 Å². The highest BCUT2D eigenvalue weighted by Crippen LogP contribution is 2.22. The molecule has 0 atom stereocenters. The fraction of sp³-hybridized carbons (Fsp3) is 0.429. The van der Waals surface area contributed by atoms with E-state index in [2.05, 4.69) is 6.07 Å². The van der Waals surface area contributed by atoms with E-state index in [1.165, 1.54) is 0 Å². The molecule has 4 nitrogen and oxygen atoms in total. The zero-order valence-electron chi connectivity index (χ0n) is 10.3. The van der Waals surface area contributed by atoms with Crippen LogP contribution in [0.15, 0.2) is 24.3 Å². The van der Waals surface area contributed by atoms with Crippen LogP contribution >= 0.6 is 0 Å². The first-order valence-corrected chi connectivity index (χ1v) is 6.21. The maximum Gasteiger partial charge on any atom is 0.257 e. The molecule has 1 heterocycles. The second-order valence-corrected chi connectivity index (χ2v) is 4.25. The predicted octanol–water partition coefficient (Wildman–Crippen LogP) is 2.22. The highest BCUT2D eigenvalue weighted by Gasteiger charge is 2.22. The van der Waals surface area contributed by atoms with Crippen molar-refractivity contribution >= 4 is 5.91 Å². The zero-order chi connectivity index (χ0) is 12.8. The summed E-state index contributed by atoms with van der Waals surface area (Å²) in [6.07, 6.45) is 2.25. The number of hydrogen-bond acceptors (Lipinski definition) is 3. The van der Waals surface area contributed by atoms with E-state index in [1.807, 2.05) is 23.1 Å². The fourth-order valence-electron chi connectivity index (χ4n) is 2.03. The molecule has 0 unspecified atom stereocenters. The van der Waals surface area contributed by atoms with Crippen molar-refractivity contribution in [2.45, 2.75) is 19.3 Å². The van der Waals surface area contributed by atoms with E-state index in [1.54, 1.807) is 6.07 Å². The van der Waals surface area contributed by atoms with Crippen LogP contribution in [0.5, 0.6) is 5.75 Å². The van der Waals surface area contributed by atoms with Gasteiger partial charge in [0.25, 0.3) is 5.91 Å². The van der Waals surface area contributed by atoms with Crippen molar-refractivity contribution < 1.29 is 9.53 Å². The minimum atomic E-state index is 0.0278. The molecule has 1 aromatic carbocycles. The molecular weight excluding hydrogens is 228 g/mol. The number of fused-ring (bicyclic) bond motifs is 1. The molecule has 0 N–H and O–H groups in total. The largest absolute Gasteiger partial charge is 0.491 e. The lowest BCUT2D eigenvalue weighted by molar-refractivity contribution is 0.0753. The van der Waals surface area contributed by atoms with Crippen LogP contribution in [0.4, 0.5) is 0 Å². The van der Waals surface area contributed by atoms with Gasteiger partial charge in [0.1, 0.15) is 12.4 Å². The lowest BCUT2D eigenvalue weighted by Gasteiger charge is -2.19. The van der Waals surface area contributed by atoms with Crippen molar-refractivity contribution in [3.8, 4) is 11.8 Å². The van der Waals surface area contributed by atoms with E-state index in [9.17, 15) is 4.79 Å². The van der Waals surface area contributed by atoms with Gasteiger partial charge in [-0.1, -0.05) is 12.1 Å². The third-order valence-corrected chi connectivity index (χ3v) is 2.99. The average Bonchev–Trinajstić information content (AvgIpc) is 2.56. The summed E-state index contributed by atoms with van der Waals surface area (Å²) in [5.74, 6) is 0.696. The molecule has 1 aliphatic heterocycles. The monoisotopic (exact) mass is 244 g/mol. The number of ether oxygens (including phenoxy) is 1. The first kappa shape index (κ1) is 12.4. The molecule has 4 heteroatoms. The van der Waals surface area contributed by atoms with Gasteiger partial charge in [0, 0.05) is 13.0 Å². The summed E-state index contributed by atoms with van der Waals surface area (Å²) in [4.78, 5) is 14.1. The predicted molar refractivity (Wildman–Crippen MR) is 67.3 cm³/mol. The highest BCUT2D eigenvalue weighted by molar-refractivity contribution is 5.97. The third kappa shape index (κ3) is 2.80. The van der Waals surface area contributed by atoms with Crippen molar-refractivity contribution in [3.05, 3.63) is 29.8 Å². The number of nitrogens with zero attached hydrogens (tertiary/aromatic N) is 2. The van der Waals surface area contributed by atoms with Crippen molar-refractivity contribution in [1.29, 1.82) is 5.26 Å². The molecule has 2 rings (SSSR count). The molecule has 0 saturated heterocycles. The Bertz CT molecular complexity index is 465. The van der Waals surface area contributed by atoms with E-state index in [-0.39, 0.29) is 5.91 Å². The fourth-order valence-corrected chi connectivity index (χ4v) is 2.03. The Kier molecular flexibility index (Phi) is 4.19. The molecule has 18 heavy (non-hydrogen) atoms. The molecule has 0 spiro atoms. The number of carbonyl (C=O) groups is 1. The molecule has 0 saturated carbocycles. The van der Waals surface area contributed by atoms with Gasteiger partial charge in [-0.25, -0.2) is 0 Å². The Balaban J connectivity index is 2.02. The van der Waals surface area contributed by atoms with E-state index in [0.29, 0.717) is 37.4 Å². The number of carbonyl (C=O) groups excluding carboxylic acids is 1. The van der Waals surface area contributed by atoms with Gasteiger partial charge in [-0.3, -0.25) is 4.79 Å². The smallest absolute Gasteiger partial charge is 0.257 e. The van der Waals surface area contributed by atoms with Gasteiger partial charge in [0.05, 0.1) is 18.2 Å². The van der Waals surface area contributed by atoms with Crippen LogP contribution in [0.25, 0.3) is 0 Å². The summed E-state index contributed by atoms with van der Waals surface area (Å²) < 4.78 is 5.56. The molecule has 1 aliphatic rings. The normalized spacial score (nSPS) is 14.4. The number of rotatable bonds is 4. The number of nitriles is 1. The summed E-state index contributed by atoms with van der Waals surface area (Å²) in [5.41, 5.74) is 0.635. The number of amides is 1. The lowest BCUT2D eigenvalue weighted by atomic mass is 10.1. The third-order valence-electron chi connectivity index (χ3n) is 2.99. The van der Waals surface area contributed by atoms with E-state index in [4.69, 9.17) is 10.00 Å². The topological polar surface area (TPSA) is 53.3 Å². The first-order chi connectivity index (χ1) is 8.83. The molecule has 0 aromatic heterocycles. The summed E-state index contributed by atoms with van der Waals surface area (Å²) in [7, 11) is 0. The molecule has 1 aromatic rings. The maximum atomic E-state index is 12.3. The van der Waals surface area contributed by atoms with Gasteiger partial charge < -0.3 is 9.64 Å². The summed E-state index contributed by atoms with van der Waals surface area (Å²) in [6.45, 7) is 1.83. The van der Waals surface area contributed by atoms with Gasteiger partial charge in [-0.2, -0.15) is 5.26 Å². The minimum Gasteiger partial charge on any atom is -0.491 e. The van der Waals surface area contributed by atoms with Crippen LogP contribution in [0, 0.1) is 11.3 Å². The Morgan fingerprint density at radius 2 is 2.17 bits per heavy atom. The average molecular weight is 244 g/mol. The van der Waals surface area contributed by atoms with Gasteiger partial charge in [-0.05, 0) is 25.0 Å². The minimum absolute atomic E-state index is 0.0278. The molecular formula is C14H16N2O2. The van der Waals surface area contributed by atoms with Gasteiger partial charge in [0.15, 0.2) is 0 Å². The number of unbranched alkanes of at least 4 members (excludes halogenated alkanes) is 2. The second kappa shape index (κ2) is 6.06. The Morgan fingerprint density at radius 1 is 1.33 bits per heavy atom. The van der Waals surface area contributed by atoms with Crippen molar-refractivity contribution in [1.82, 2.24) is 4.90 Å². The van der Waals surface area contributed by atoms with Crippen LogP contribution in [0.3, 0.4) is 0 Å². The SMILES string of the molecule is N#CCCCCN1CCOc2ccccc2C1=O. The lowest BCUT2D eigenvalue weighted by Crippen LogP contribution is -2.33. The van der Waals surface area contributed by atoms with E-state index < -0.39 is 0 Å². The molecule has 0 bridgehead atoms. The zero-order valence-corrected chi connectivity index (χ0v) is 10.3. The Hall–Kier alpha value is -2.02. The van der Waals surface area contributed by atoms with E-state index in [0.717, 1.165) is 12.8 Å².